The van der Waals surface area contributed by atoms with Crippen LogP contribution in [0.2, 0.25) is 0 Å². The standard InChI is InChI=1S/C83H140NO8P/c1-3-5-7-9-11-13-15-17-19-21-23-25-27-29-31-33-35-37-38-39-40-41-42-44-46-48-50-52-54-56-58-60-62-64-66-68-70-72-74-76-83(86)92-81(80-91-93(87,88)90-78-77-84)79-89-82(85)75-73-71-69-67-65-63-61-59-57-55-53-51-49-47-45-43-36-34-32-30-28-26-24-22-20-18-16-14-12-10-8-6-4-2/h5-8,11-14,17-20,23-26,29,31,35,37,39-40,42,44,48,50,81H,3-4,9-10,15-16,21-22,27-28,30,32-34,36,38,41,43,45-47,49,51-80,84H2,1-2H3,(H,87,88)/b7-5-,8-6-,13-11-,14-12-,19-17-,20-18-,25-23-,26-24-,31-29-,37-35-,40-39-,44-42-,50-48-. The molecule has 0 amide bonds. The summed E-state index contributed by atoms with van der Waals surface area (Å²) in [5.41, 5.74) is 5.41. The van der Waals surface area contributed by atoms with Gasteiger partial charge in [-0.3, -0.25) is 18.6 Å². The number of rotatable bonds is 70. The number of hydrogen-bond donors (Lipinski definition) is 2. The Bertz CT molecular complexity index is 2090. The Morgan fingerprint density at radius 3 is 0.828 bits per heavy atom. The SMILES string of the molecule is CC/C=C\C/C=C\C/C=C\C/C=C\C/C=C\C/C=C\C/C=C\C/C=C\C/C=C\CCCCCCCCCCCCCC(=O)OC(COC(=O)CCCCCCCCCCCCCCCCCCCCCC/C=C\C/C=C\C/C=C\C/C=C\CC)COP(=O)(O)OCCN. The Balaban J connectivity index is 3.89. The number of nitrogens with two attached hydrogens (primary N) is 1. The van der Waals surface area contributed by atoms with Crippen LogP contribution in [0.3, 0.4) is 0 Å². The fraction of sp³-hybridized carbons (Fsp3) is 0.663. The quantitative estimate of drug-likeness (QED) is 0.0264. The fourth-order valence-electron chi connectivity index (χ4n) is 10.4. The minimum Gasteiger partial charge on any atom is -0.462 e. The number of ether oxygens (including phenoxy) is 2. The maximum Gasteiger partial charge on any atom is 0.472 e. The first kappa shape index (κ1) is 88.6. The van der Waals surface area contributed by atoms with Crippen LogP contribution in [0.5, 0.6) is 0 Å². The average Bonchev–Trinajstić information content (AvgIpc) is 3.60. The molecule has 0 aliphatic heterocycles. The minimum atomic E-state index is -4.40. The number of phosphoric ester groups is 1. The lowest BCUT2D eigenvalue weighted by molar-refractivity contribution is -0.161. The van der Waals surface area contributed by atoms with E-state index in [1.165, 1.54) is 161 Å². The summed E-state index contributed by atoms with van der Waals surface area (Å²) in [5.74, 6) is -0.827. The molecule has 2 atom stereocenters. The molecule has 0 radical (unpaired) electrons. The van der Waals surface area contributed by atoms with E-state index in [2.05, 4.69) is 172 Å². The Kier molecular flexibility index (Phi) is 73.0. The van der Waals surface area contributed by atoms with E-state index in [0.717, 1.165) is 128 Å². The zero-order chi connectivity index (χ0) is 67.2. The molecular formula is C83H140NO8P. The van der Waals surface area contributed by atoms with E-state index in [0.29, 0.717) is 6.42 Å². The Morgan fingerprint density at radius 1 is 0.323 bits per heavy atom. The first-order valence-electron chi connectivity index (χ1n) is 38.0. The molecule has 0 aromatic rings. The molecule has 0 bridgehead atoms. The van der Waals surface area contributed by atoms with Crippen molar-refractivity contribution in [3.63, 3.8) is 0 Å². The van der Waals surface area contributed by atoms with Crippen LogP contribution in [0.25, 0.3) is 0 Å². The molecular weight excluding hydrogens is 1170 g/mol. The first-order valence-corrected chi connectivity index (χ1v) is 39.5. The summed E-state index contributed by atoms with van der Waals surface area (Å²) in [7, 11) is -4.40. The lowest BCUT2D eigenvalue weighted by Gasteiger charge is -2.19. The topological polar surface area (TPSA) is 134 Å². The molecule has 0 rings (SSSR count). The van der Waals surface area contributed by atoms with E-state index in [4.69, 9.17) is 24.3 Å². The predicted molar refractivity (Wildman–Crippen MR) is 403 cm³/mol. The van der Waals surface area contributed by atoms with Gasteiger partial charge in [-0.05, 0) is 122 Å². The number of carbonyl (C=O) groups excluding carboxylic acids is 2. The van der Waals surface area contributed by atoms with Crippen molar-refractivity contribution in [2.45, 2.75) is 328 Å². The number of hydrogen-bond acceptors (Lipinski definition) is 8. The minimum absolute atomic E-state index is 0.0478. The lowest BCUT2D eigenvalue weighted by atomic mass is 10.0. The van der Waals surface area contributed by atoms with Crippen molar-refractivity contribution >= 4 is 19.8 Å². The summed E-state index contributed by atoms with van der Waals surface area (Å²) in [6, 6.07) is 0. The zero-order valence-corrected chi connectivity index (χ0v) is 60.6. The number of carbonyl (C=O) groups is 2. The number of phosphoric acid groups is 1. The van der Waals surface area contributed by atoms with Gasteiger partial charge in [0.25, 0.3) is 0 Å². The van der Waals surface area contributed by atoms with Crippen LogP contribution in [0, 0.1) is 0 Å². The monoisotopic (exact) mass is 1310 g/mol. The second-order valence-corrected chi connectivity index (χ2v) is 26.2. The summed E-state index contributed by atoms with van der Waals surface area (Å²) in [6.45, 7) is 3.54. The van der Waals surface area contributed by atoms with E-state index in [-0.39, 0.29) is 38.6 Å². The smallest absolute Gasteiger partial charge is 0.462 e. The third-order valence-electron chi connectivity index (χ3n) is 15.9. The molecule has 9 nitrogen and oxygen atoms in total. The first-order chi connectivity index (χ1) is 45.8. The highest BCUT2D eigenvalue weighted by atomic mass is 31.2. The highest BCUT2D eigenvalue weighted by Crippen LogP contribution is 2.43. The van der Waals surface area contributed by atoms with E-state index in [1.807, 2.05) is 0 Å². The number of unbranched alkanes of at least 4 members (excludes halogenated alkanes) is 31. The average molecular weight is 1310 g/mol. The Hall–Kier alpha value is -4.37. The van der Waals surface area contributed by atoms with Gasteiger partial charge in [0.15, 0.2) is 6.10 Å². The van der Waals surface area contributed by atoms with Gasteiger partial charge in [-0.1, -0.05) is 345 Å². The number of esters is 2. The second kappa shape index (κ2) is 76.6. The molecule has 0 heterocycles. The highest BCUT2D eigenvalue weighted by Gasteiger charge is 2.26. The van der Waals surface area contributed by atoms with Gasteiger partial charge in [0, 0.05) is 19.4 Å². The van der Waals surface area contributed by atoms with Crippen LogP contribution >= 0.6 is 7.82 Å². The van der Waals surface area contributed by atoms with Crippen LogP contribution in [0.4, 0.5) is 0 Å². The maximum absolute atomic E-state index is 12.8. The maximum atomic E-state index is 12.8. The van der Waals surface area contributed by atoms with Crippen molar-refractivity contribution < 1.29 is 37.6 Å². The van der Waals surface area contributed by atoms with Crippen molar-refractivity contribution in [2.24, 2.45) is 5.73 Å². The van der Waals surface area contributed by atoms with Crippen molar-refractivity contribution in [3.05, 3.63) is 158 Å². The molecule has 0 aromatic carbocycles. The fourth-order valence-corrected chi connectivity index (χ4v) is 11.2. The van der Waals surface area contributed by atoms with Gasteiger partial charge in [-0.15, -0.1) is 0 Å². The van der Waals surface area contributed by atoms with Gasteiger partial charge in [-0.25, -0.2) is 4.57 Å². The summed E-state index contributed by atoms with van der Waals surface area (Å²) < 4.78 is 33.2. The van der Waals surface area contributed by atoms with E-state index >= 15 is 0 Å². The summed E-state index contributed by atoms with van der Waals surface area (Å²) in [6.07, 6.45) is 112. The number of allylic oxidation sites excluding steroid dienone is 26. The summed E-state index contributed by atoms with van der Waals surface area (Å²) in [5, 5.41) is 0. The highest BCUT2D eigenvalue weighted by molar-refractivity contribution is 7.47. The molecule has 3 N–H and O–H groups in total. The van der Waals surface area contributed by atoms with Gasteiger partial charge < -0.3 is 20.1 Å². The van der Waals surface area contributed by atoms with Gasteiger partial charge in [-0.2, -0.15) is 0 Å². The molecule has 0 fully saturated rings. The Labute approximate surface area is 572 Å². The summed E-state index contributed by atoms with van der Waals surface area (Å²) in [4.78, 5) is 35.4. The molecule has 10 heteroatoms. The Morgan fingerprint density at radius 2 is 0.559 bits per heavy atom. The second-order valence-electron chi connectivity index (χ2n) is 24.8. The normalized spacial score (nSPS) is 13.8. The van der Waals surface area contributed by atoms with Crippen molar-refractivity contribution in [1.29, 1.82) is 0 Å². The third-order valence-corrected chi connectivity index (χ3v) is 16.9. The third kappa shape index (κ3) is 76.5. The molecule has 93 heavy (non-hydrogen) atoms. The summed E-state index contributed by atoms with van der Waals surface area (Å²) >= 11 is 0. The molecule has 2 unspecified atom stereocenters. The predicted octanol–water partition coefficient (Wildman–Crippen LogP) is 25.5. The molecule has 0 aliphatic rings. The van der Waals surface area contributed by atoms with Gasteiger partial charge in [0.2, 0.25) is 0 Å². The van der Waals surface area contributed by atoms with E-state index < -0.39 is 26.5 Å². The van der Waals surface area contributed by atoms with Crippen LogP contribution in [-0.2, 0) is 32.7 Å². The largest absolute Gasteiger partial charge is 0.472 e. The molecule has 0 saturated carbocycles. The van der Waals surface area contributed by atoms with Gasteiger partial charge in [0.05, 0.1) is 13.2 Å². The van der Waals surface area contributed by atoms with Gasteiger partial charge >= 0.3 is 19.8 Å². The zero-order valence-electron chi connectivity index (χ0n) is 59.7. The van der Waals surface area contributed by atoms with Crippen molar-refractivity contribution in [2.75, 3.05) is 26.4 Å². The van der Waals surface area contributed by atoms with Crippen LogP contribution in [0.15, 0.2) is 158 Å². The van der Waals surface area contributed by atoms with Crippen molar-refractivity contribution in [3.8, 4) is 0 Å². The van der Waals surface area contributed by atoms with E-state index in [9.17, 15) is 19.0 Å². The molecule has 530 valence electrons. The van der Waals surface area contributed by atoms with Crippen LogP contribution in [-0.4, -0.2) is 49.3 Å². The lowest BCUT2D eigenvalue weighted by Crippen LogP contribution is -2.29. The molecule has 0 spiro atoms. The molecule has 0 aromatic heterocycles. The van der Waals surface area contributed by atoms with E-state index in [1.54, 1.807) is 0 Å². The van der Waals surface area contributed by atoms with Crippen LogP contribution < -0.4 is 5.73 Å². The van der Waals surface area contributed by atoms with Crippen molar-refractivity contribution in [1.82, 2.24) is 0 Å². The van der Waals surface area contributed by atoms with Crippen LogP contribution in [0.1, 0.15) is 322 Å². The molecule has 0 saturated heterocycles. The van der Waals surface area contributed by atoms with Gasteiger partial charge in [0.1, 0.15) is 6.61 Å². The molecule has 0 aliphatic carbocycles.